The average Bonchev–Trinajstić information content (AvgIpc) is 2.67. The second-order valence-corrected chi connectivity index (χ2v) is 5.29. The minimum atomic E-state index is -0.373. The lowest BCUT2D eigenvalue weighted by Gasteiger charge is -2.22. The lowest BCUT2D eigenvalue weighted by molar-refractivity contribution is 0.0320. The van der Waals surface area contributed by atoms with E-state index < -0.39 is 0 Å². The van der Waals surface area contributed by atoms with Gasteiger partial charge in [-0.25, -0.2) is 0 Å². The summed E-state index contributed by atoms with van der Waals surface area (Å²) in [5.41, 5.74) is 1.55. The molecule has 0 aliphatic heterocycles. The number of hydrogen-bond donors (Lipinski definition) is 2. The summed E-state index contributed by atoms with van der Waals surface area (Å²) in [6, 6.07) is 7.51. The topological polar surface area (TPSA) is 62.1 Å². The van der Waals surface area contributed by atoms with E-state index in [1.54, 1.807) is 0 Å². The van der Waals surface area contributed by atoms with Crippen LogP contribution in [-0.4, -0.2) is 28.2 Å². The summed E-state index contributed by atoms with van der Waals surface area (Å²) in [7, 11) is 0. The van der Waals surface area contributed by atoms with Gasteiger partial charge in [-0.2, -0.15) is 0 Å². The Balaban J connectivity index is 2.02. The molecular weight excluding hydrogens is 254 g/mol. The number of nitrogens with zero attached hydrogens (tertiary/aromatic N) is 1. The first-order chi connectivity index (χ1) is 9.74. The molecule has 2 unspecified atom stereocenters. The molecule has 1 aliphatic carbocycles. The molecule has 2 N–H and O–H groups in total. The van der Waals surface area contributed by atoms with Gasteiger partial charge in [-0.15, -0.1) is 0 Å². The number of hydrogen-bond acceptors (Lipinski definition) is 4. The van der Waals surface area contributed by atoms with E-state index in [1.807, 2.05) is 31.2 Å². The maximum Gasteiger partial charge on any atom is 0.124 e. The largest absolute Gasteiger partial charge is 0.488 e. The Morgan fingerprint density at radius 1 is 1.20 bits per heavy atom. The smallest absolute Gasteiger partial charge is 0.124 e. The Bertz CT molecular complexity index is 442. The van der Waals surface area contributed by atoms with Gasteiger partial charge in [0.2, 0.25) is 0 Å². The van der Waals surface area contributed by atoms with Gasteiger partial charge in [0.15, 0.2) is 0 Å². The van der Waals surface area contributed by atoms with E-state index in [2.05, 4.69) is 5.16 Å². The highest BCUT2D eigenvalue weighted by molar-refractivity contribution is 6.00. The van der Waals surface area contributed by atoms with Gasteiger partial charge in [-0.05, 0) is 55.5 Å². The molecule has 1 aromatic carbocycles. The monoisotopic (exact) mass is 277 g/mol. The molecule has 1 aromatic rings. The van der Waals surface area contributed by atoms with E-state index in [4.69, 9.17) is 9.94 Å². The summed E-state index contributed by atoms with van der Waals surface area (Å²) >= 11 is 0. The molecule has 1 saturated carbocycles. The third kappa shape index (κ3) is 3.73. The van der Waals surface area contributed by atoms with Crippen molar-refractivity contribution in [1.82, 2.24) is 0 Å². The van der Waals surface area contributed by atoms with Crippen molar-refractivity contribution in [1.29, 1.82) is 0 Å². The fourth-order valence-corrected chi connectivity index (χ4v) is 2.62. The predicted octanol–water partition coefficient (Wildman–Crippen LogP) is 3.35. The summed E-state index contributed by atoms with van der Waals surface area (Å²) in [6.07, 6.45) is 5.27. The Labute approximate surface area is 120 Å². The van der Waals surface area contributed by atoms with Gasteiger partial charge < -0.3 is 15.1 Å². The predicted molar refractivity (Wildman–Crippen MR) is 78.6 cm³/mol. The second kappa shape index (κ2) is 7.29. The molecular formula is C16H23NO3. The first-order valence-corrected chi connectivity index (χ1v) is 7.40. The molecule has 0 radical (unpaired) electrons. The van der Waals surface area contributed by atoms with Crippen LogP contribution in [0, 0.1) is 0 Å². The number of rotatable bonds is 4. The number of ether oxygens (including phenoxy) is 1. The van der Waals surface area contributed by atoms with Gasteiger partial charge >= 0.3 is 0 Å². The van der Waals surface area contributed by atoms with Gasteiger partial charge in [0.1, 0.15) is 11.9 Å². The standard InChI is InChI=1S/C16H23NO3/c1-2-14(17-19)12-8-10-13(11-9-12)20-16-7-5-3-4-6-15(16)18/h8-11,15-16,18-19H,2-7H2,1H3. The highest BCUT2D eigenvalue weighted by Gasteiger charge is 2.23. The maximum absolute atomic E-state index is 10.1. The number of aliphatic hydroxyl groups is 1. The zero-order chi connectivity index (χ0) is 14.4. The fraction of sp³-hybridized carbons (Fsp3) is 0.562. The van der Waals surface area contributed by atoms with E-state index in [0.29, 0.717) is 12.1 Å². The van der Waals surface area contributed by atoms with E-state index in [1.165, 1.54) is 6.42 Å². The molecule has 20 heavy (non-hydrogen) atoms. The quantitative estimate of drug-likeness (QED) is 0.384. The maximum atomic E-state index is 10.1. The van der Waals surface area contributed by atoms with E-state index in [0.717, 1.165) is 37.0 Å². The van der Waals surface area contributed by atoms with E-state index in [-0.39, 0.29) is 12.2 Å². The molecule has 0 heterocycles. The number of oxime groups is 1. The van der Waals surface area contributed by atoms with Crippen LogP contribution in [0.25, 0.3) is 0 Å². The first kappa shape index (κ1) is 14.9. The normalized spacial score (nSPS) is 24.2. The minimum Gasteiger partial charge on any atom is -0.488 e. The van der Waals surface area contributed by atoms with Crippen LogP contribution in [0.15, 0.2) is 29.4 Å². The molecule has 4 heteroatoms. The van der Waals surface area contributed by atoms with Crippen LogP contribution in [0.1, 0.15) is 51.0 Å². The minimum absolute atomic E-state index is 0.111. The van der Waals surface area contributed by atoms with Crippen molar-refractivity contribution in [2.75, 3.05) is 0 Å². The summed E-state index contributed by atoms with van der Waals surface area (Å²) < 4.78 is 5.90. The van der Waals surface area contributed by atoms with Crippen LogP contribution in [0.3, 0.4) is 0 Å². The van der Waals surface area contributed by atoms with Gasteiger partial charge in [-0.3, -0.25) is 0 Å². The molecule has 2 rings (SSSR count). The Morgan fingerprint density at radius 3 is 2.55 bits per heavy atom. The van der Waals surface area contributed by atoms with Crippen LogP contribution in [-0.2, 0) is 0 Å². The highest BCUT2D eigenvalue weighted by atomic mass is 16.5. The molecule has 4 nitrogen and oxygen atoms in total. The number of benzene rings is 1. The van der Waals surface area contributed by atoms with E-state index >= 15 is 0 Å². The fourth-order valence-electron chi connectivity index (χ4n) is 2.62. The van der Waals surface area contributed by atoms with Crippen molar-refractivity contribution in [3.63, 3.8) is 0 Å². The first-order valence-electron chi connectivity index (χ1n) is 7.40. The molecule has 0 saturated heterocycles. The Morgan fingerprint density at radius 2 is 1.90 bits per heavy atom. The van der Waals surface area contributed by atoms with Crippen LogP contribution in [0.5, 0.6) is 5.75 Å². The second-order valence-electron chi connectivity index (χ2n) is 5.29. The summed E-state index contributed by atoms with van der Waals surface area (Å²) in [5.74, 6) is 0.757. The molecule has 0 amide bonds. The molecule has 0 aromatic heterocycles. The van der Waals surface area contributed by atoms with Crippen LogP contribution < -0.4 is 4.74 Å². The molecule has 110 valence electrons. The molecule has 2 atom stereocenters. The van der Waals surface area contributed by atoms with Gasteiger partial charge in [0, 0.05) is 0 Å². The summed E-state index contributed by atoms with van der Waals surface area (Å²) in [5, 5.41) is 22.2. The zero-order valence-electron chi connectivity index (χ0n) is 12.0. The van der Waals surface area contributed by atoms with Crippen molar-refractivity contribution in [2.24, 2.45) is 5.16 Å². The van der Waals surface area contributed by atoms with Crippen LogP contribution in [0.4, 0.5) is 0 Å². The van der Waals surface area contributed by atoms with Crippen molar-refractivity contribution < 1.29 is 15.1 Å². The molecule has 1 fully saturated rings. The van der Waals surface area contributed by atoms with Crippen molar-refractivity contribution >= 4 is 5.71 Å². The van der Waals surface area contributed by atoms with Crippen molar-refractivity contribution in [3.8, 4) is 5.75 Å². The van der Waals surface area contributed by atoms with Gasteiger partial charge in [0.05, 0.1) is 11.8 Å². The van der Waals surface area contributed by atoms with Gasteiger partial charge in [-0.1, -0.05) is 24.9 Å². The number of aliphatic hydroxyl groups excluding tert-OH is 1. The summed E-state index contributed by atoms with van der Waals surface area (Å²) in [4.78, 5) is 0. The average molecular weight is 277 g/mol. The van der Waals surface area contributed by atoms with E-state index in [9.17, 15) is 5.11 Å². The molecule has 0 bridgehead atoms. The summed E-state index contributed by atoms with van der Waals surface area (Å²) in [6.45, 7) is 1.95. The molecule has 0 spiro atoms. The van der Waals surface area contributed by atoms with Crippen molar-refractivity contribution in [3.05, 3.63) is 29.8 Å². The zero-order valence-corrected chi connectivity index (χ0v) is 12.0. The Hall–Kier alpha value is -1.55. The molecule has 1 aliphatic rings. The highest BCUT2D eigenvalue weighted by Crippen LogP contribution is 2.23. The lowest BCUT2D eigenvalue weighted by Crippen LogP contribution is -2.30. The third-order valence-corrected chi connectivity index (χ3v) is 3.85. The lowest BCUT2D eigenvalue weighted by atomic mass is 10.1. The van der Waals surface area contributed by atoms with Crippen LogP contribution >= 0.6 is 0 Å². The Kier molecular flexibility index (Phi) is 5.41. The van der Waals surface area contributed by atoms with Crippen LogP contribution in [0.2, 0.25) is 0 Å². The third-order valence-electron chi connectivity index (χ3n) is 3.85. The van der Waals surface area contributed by atoms with Gasteiger partial charge in [0.25, 0.3) is 0 Å². The van der Waals surface area contributed by atoms with Crippen molar-refractivity contribution in [2.45, 2.75) is 57.7 Å². The SMILES string of the molecule is CCC(=NO)c1ccc(OC2CCCCCC2O)cc1.